The Morgan fingerprint density at radius 2 is 2.00 bits per heavy atom. The SMILES string of the molecule is CC=NC(=O)/C(C)=C/C. The maximum Gasteiger partial charge on any atom is 0.271 e. The van der Waals surface area contributed by atoms with Gasteiger partial charge in [-0.15, -0.1) is 0 Å². The van der Waals surface area contributed by atoms with Gasteiger partial charge in [-0.05, 0) is 20.8 Å². The Morgan fingerprint density at radius 3 is 2.33 bits per heavy atom. The molecule has 0 aromatic carbocycles. The molecule has 0 aliphatic rings. The lowest BCUT2D eigenvalue weighted by Crippen LogP contribution is -1.93. The van der Waals surface area contributed by atoms with Crippen LogP contribution in [-0.4, -0.2) is 12.1 Å². The molecule has 0 atom stereocenters. The van der Waals surface area contributed by atoms with Crippen molar-refractivity contribution >= 4 is 12.1 Å². The van der Waals surface area contributed by atoms with Crippen molar-refractivity contribution in [2.24, 2.45) is 4.99 Å². The molecule has 0 fully saturated rings. The van der Waals surface area contributed by atoms with E-state index in [1.807, 2.05) is 6.92 Å². The van der Waals surface area contributed by atoms with Gasteiger partial charge in [0.05, 0.1) is 0 Å². The number of aliphatic imine (C=N–C) groups is 1. The third-order valence-corrected chi connectivity index (χ3v) is 1.02. The third-order valence-electron chi connectivity index (χ3n) is 1.02. The minimum Gasteiger partial charge on any atom is -0.267 e. The van der Waals surface area contributed by atoms with E-state index in [0.29, 0.717) is 5.57 Å². The molecule has 0 saturated carbocycles. The number of nitrogens with zero attached hydrogens (tertiary/aromatic N) is 1. The molecule has 0 aromatic rings. The van der Waals surface area contributed by atoms with Crippen molar-refractivity contribution in [1.82, 2.24) is 0 Å². The smallest absolute Gasteiger partial charge is 0.267 e. The zero-order valence-corrected chi connectivity index (χ0v) is 6.01. The highest BCUT2D eigenvalue weighted by Gasteiger charge is 1.95. The predicted octanol–water partition coefficient (Wildman–Crippen LogP) is 1.57. The van der Waals surface area contributed by atoms with Crippen LogP contribution in [0.1, 0.15) is 20.8 Å². The van der Waals surface area contributed by atoms with Crippen molar-refractivity contribution in [1.29, 1.82) is 0 Å². The number of hydrogen-bond acceptors (Lipinski definition) is 1. The Bertz CT molecular complexity index is 156. The Kier molecular flexibility index (Phi) is 3.60. The van der Waals surface area contributed by atoms with Crippen LogP contribution < -0.4 is 0 Å². The van der Waals surface area contributed by atoms with Crippen LogP contribution in [0.5, 0.6) is 0 Å². The normalized spacial score (nSPS) is 12.6. The molecule has 0 aromatic heterocycles. The molecule has 50 valence electrons. The molecule has 0 radical (unpaired) electrons. The van der Waals surface area contributed by atoms with Gasteiger partial charge in [-0.25, -0.2) is 4.99 Å². The van der Waals surface area contributed by atoms with E-state index in [1.165, 1.54) is 6.21 Å². The van der Waals surface area contributed by atoms with Crippen molar-refractivity contribution in [2.45, 2.75) is 20.8 Å². The molecule has 0 unspecified atom stereocenters. The van der Waals surface area contributed by atoms with Gasteiger partial charge in [-0.3, -0.25) is 4.79 Å². The maximum atomic E-state index is 10.7. The van der Waals surface area contributed by atoms with Crippen LogP contribution in [0.3, 0.4) is 0 Å². The average molecular weight is 125 g/mol. The van der Waals surface area contributed by atoms with Crippen molar-refractivity contribution in [2.75, 3.05) is 0 Å². The van der Waals surface area contributed by atoms with Gasteiger partial charge >= 0.3 is 0 Å². The molecular weight excluding hydrogens is 114 g/mol. The summed E-state index contributed by atoms with van der Waals surface area (Å²) in [6, 6.07) is 0. The van der Waals surface area contributed by atoms with Gasteiger partial charge in [0.15, 0.2) is 0 Å². The molecule has 0 aliphatic heterocycles. The van der Waals surface area contributed by atoms with Gasteiger partial charge in [0.2, 0.25) is 0 Å². The van der Waals surface area contributed by atoms with E-state index in [1.54, 1.807) is 19.9 Å². The van der Waals surface area contributed by atoms with Crippen LogP contribution in [0.15, 0.2) is 16.6 Å². The summed E-state index contributed by atoms with van der Waals surface area (Å²) in [5.74, 6) is -0.153. The number of carbonyl (C=O) groups excluding carboxylic acids is 1. The molecule has 2 heteroatoms. The van der Waals surface area contributed by atoms with Crippen LogP contribution >= 0.6 is 0 Å². The van der Waals surface area contributed by atoms with Crippen LogP contribution in [-0.2, 0) is 4.79 Å². The average Bonchev–Trinajstić information content (AvgIpc) is 1.87. The summed E-state index contributed by atoms with van der Waals surface area (Å²) in [7, 11) is 0. The lowest BCUT2D eigenvalue weighted by molar-refractivity contribution is -0.114. The first-order valence-corrected chi connectivity index (χ1v) is 2.88. The quantitative estimate of drug-likeness (QED) is 0.386. The molecule has 1 amide bonds. The zero-order chi connectivity index (χ0) is 7.28. The first kappa shape index (κ1) is 8.08. The van der Waals surface area contributed by atoms with Crippen molar-refractivity contribution in [3.05, 3.63) is 11.6 Å². The summed E-state index contributed by atoms with van der Waals surface area (Å²) in [5, 5.41) is 0. The summed E-state index contributed by atoms with van der Waals surface area (Å²) in [6.07, 6.45) is 3.24. The standard InChI is InChI=1S/C7H11NO/c1-4-6(3)7(9)8-5-2/h4-5H,1-3H3/b6-4+,8-5?. The van der Waals surface area contributed by atoms with Gasteiger partial charge in [0.1, 0.15) is 0 Å². The second-order valence-corrected chi connectivity index (χ2v) is 1.66. The summed E-state index contributed by atoms with van der Waals surface area (Å²) in [4.78, 5) is 14.3. The molecule has 0 rings (SSSR count). The van der Waals surface area contributed by atoms with Crippen molar-refractivity contribution in [3.63, 3.8) is 0 Å². The van der Waals surface area contributed by atoms with Crippen LogP contribution in [0.25, 0.3) is 0 Å². The Labute approximate surface area is 55.3 Å². The van der Waals surface area contributed by atoms with Gasteiger partial charge in [0, 0.05) is 11.8 Å². The third kappa shape index (κ3) is 2.80. The Morgan fingerprint density at radius 1 is 1.44 bits per heavy atom. The van der Waals surface area contributed by atoms with Crippen LogP contribution in [0, 0.1) is 0 Å². The fourth-order valence-electron chi connectivity index (χ4n) is 0.343. The number of rotatable bonds is 1. The number of carbonyl (C=O) groups is 1. The van der Waals surface area contributed by atoms with Crippen molar-refractivity contribution < 1.29 is 4.79 Å². The molecule has 0 saturated heterocycles. The summed E-state index contributed by atoms with van der Waals surface area (Å²) in [6.45, 7) is 5.29. The van der Waals surface area contributed by atoms with E-state index >= 15 is 0 Å². The fraction of sp³-hybridized carbons (Fsp3) is 0.429. The molecular formula is C7H11NO. The lowest BCUT2D eigenvalue weighted by atomic mass is 10.3. The van der Waals surface area contributed by atoms with Crippen LogP contribution in [0.2, 0.25) is 0 Å². The van der Waals surface area contributed by atoms with E-state index in [4.69, 9.17) is 0 Å². The molecule has 0 bridgehead atoms. The molecule has 0 N–H and O–H groups in total. The molecule has 0 aliphatic carbocycles. The highest BCUT2D eigenvalue weighted by molar-refractivity contribution is 5.97. The number of allylic oxidation sites excluding steroid dienone is 1. The summed E-state index contributed by atoms with van der Waals surface area (Å²) < 4.78 is 0. The van der Waals surface area contributed by atoms with E-state index in [9.17, 15) is 4.79 Å². The Hall–Kier alpha value is -0.920. The number of hydrogen-bond donors (Lipinski definition) is 0. The summed E-state index contributed by atoms with van der Waals surface area (Å²) in [5.41, 5.74) is 0.688. The topological polar surface area (TPSA) is 29.4 Å². The van der Waals surface area contributed by atoms with Gasteiger partial charge in [-0.2, -0.15) is 0 Å². The number of amides is 1. The minimum absolute atomic E-state index is 0.153. The van der Waals surface area contributed by atoms with E-state index in [-0.39, 0.29) is 5.91 Å². The largest absolute Gasteiger partial charge is 0.271 e. The predicted molar refractivity (Wildman–Crippen MR) is 38.6 cm³/mol. The molecule has 0 spiro atoms. The monoisotopic (exact) mass is 125 g/mol. The van der Waals surface area contributed by atoms with E-state index in [0.717, 1.165) is 0 Å². The molecule has 9 heavy (non-hydrogen) atoms. The maximum absolute atomic E-state index is 10.7. The van der Waals surface area contributed by atoms with Crippen LogP contribution in [0.4, 0.5) is 0 Å². The second-order valence-electron chi connectivity index (χ2n) is 1.66. The summed E-state index contributed by atoms with van der Waals surface area (Å²) >= 11 is 0. The first-order chi connectivity index (χ1) is 4.22. The van der Waals surface area contributed by atoms with Gasteiger partial charge in [0.25, 0.3) is 5.91 Å². The highest BCUT2D eigenvalue weighted by Crippen LogP contribution is 1.93. The zero-order valence-electron chi connectivity index (χ0n) is 6.01. The fourth-order valence-corrected chi connectivity index (χ4v) is 0.343. The van der Waals surface area contributed by atoms with Gasteiger partial charge in [-0.1, -0.05) is 6.08 Å². The minimum atomic E-state index is -0.153. The first-order valence-electron chi connectivity index (χ1n) is 2.88. The lowest BCUT2D eigenvalue weighted by Gasteiger charge is -1.88. The molecule has 0 heterocycles. The highest BCUT2D eigenvalue weighted by atomic mass is 16.1. The van der Waals surface area contributed by atoms with Gasteiger partial charge < -0.3 is 0 Å². The Balaban J connectivity index is 4.05. The van der Waals surface area contributed by atoms with E-state index in [2.05, 4.69) is 4.99 Å². The van der Waals surface area contributed by atoms with E-state index < -0.39 is 0 Å². The molecule has 2 nitrogen and oxygen atoms in total. The second kappa shape index (κ2) is 4.01. The van der Waals surface area contributed by atoms with Crippen molar-refractivity contribution in [3.8, 4) is 0 Å².